The fourth-order valence-corrected chi connectivity index (χ4v) is 1.35. The van der Waals surface area contributed by atoms with E-state index in [0.29, 0.717) is 24.0 Å². The number of benzene rings is 1. The van der Waals surface area contributed by atoms with E-state index >= 15 is 0 Å². The molecular weight excluding hydrogens is 204 g/mol. The van der Waals surface area contributed by atoms with E-state index in [9.17, 15) is 4.79 Å². The zero-order valence-corrected chi connectivity index (χ0v) is 8.86. The highest BCUT2D eigenvalue weighted by Gasteiger charge is 2.12. The summed E-state index contributed by atoms with van der Waals surface area (Å²) in [4.78, 5) is 11.5. The van der Waals surface area contributed by atoms with Gasteiger partial charge in [-0.3, -0.25) is 0 Å². The van der Waals surface area contributed by atoms with Crippen molar-refractivity contribution in [1.29, 1.82) is 10.5 Å². The Morgan fingerprint density at radius 1 is 1.44 bits per heavy atom. The lowest BCUT2D eigenvalue weighted by Crippen LogP contribution is -2.06. The zero-order valence-electron chi connectivity index (χ0n) is 8.86. The van der Waals surface area contributed by atoms with E-state index in [-0.39, 0.29) is 0 Å². The summed E-state index contributed by atoms with van der Waals surface area (Å²) < 4.78 is 4.63. The molecule has 16 heavy (non-hydrogen) atoms. The SMILES string of the molecule is COC(=O)c1cc(C#N)ccc1CCC#N. The van der Waals surface area contributed by atoms with Crippen molar-refractivity contribution in [2.24, 2.45) is 0 Å². The molecule has 0 saturated heterocycles. The number of hydrogen-bond donors (Lipinski definition) is 0. The van der Waals surface area contributed by atoms with Crippen LogP contribution in [-0.4, -0.2) is 13.1 Å². The third kappa shape index (κ3) is 2.59. The molecule has 0 aliphatic heterocycles. The Bertz CT molecular complexity index is 481. The highest BCUT2D eigenvalue weighted by molar-refractivity contribution is 5.91. The number of hydrogen-bond acceptors (Lipinski definition) is 4. The van der Waals surface area contributed by atoms with Crippen LogP contribution in [0.25, 0.3) is 0 Å². The predicted molar refractivity (Wildman–Crippen MR) is 56.4 cm³/mol. The van der Waals surface area contributed by atoms with Crippen molar-refractivity contribution in [3.8, 4) is 12.1 Å². The molecule has 1 rings (SSSR count). The number of carbonyl (C=O) groups excluding carboxylic acids is 1. The summed E-state index contributed by atoms with van der Waals surface area (Å²) >= 11 is 0. The number of nitriles is 2. The second kappa shape index (κ2) is 5.53. The Hall–Kier alpha value is -2.33. The Labute approximate surface area is 93.7 Å². The predicted octanol–water partition coefficient (Wildman–Crippen LogP) is 1.80. The third-order valence-electron chi connectivity index (χ3n) is 2.15. The maximum absolute atomic E-state index is 11.5. The fourth-order valence-electron chi connectivity index (χ4n) is 1.35. The van der Waals surface area contributed by atoms with E-state index in [1.165, 1.54) is 13.2 Å². The summed E-state index contributed by atoms with van der Waals surface area (Å²) in [7, 11) is 1.29. The molecule has 0 spiro atoms. The van der Waals surface area contributed by atoms with E-state index in [1.54, 1.807) is 12.1 Å². The van der Waals surface area contributed by atoms with Crippen LogP contribution in [0.4, 0.5) is 0 Å². The average molecular weight is 214 g/mol. The van der Waals surface area contributed by atoms with Crippen LogP contribution in [0.3, 0.4) is 0 Å². The number of ether oxygens (including phenoxy) is 1. The largest absolute Gasteiger partial charge is 0.465 e. The number of esters is 1. The first-order valence-electron chi connectivity index (χ1n) is 4.71. The van der Waals surface area contributed by atoms with E-state index in [1.807, 2.05) is 12.1 Å². The van der Waals surface area contributed by atoms with Crippen molar-refractivity contribution in [1.82, 2.24) is 0 Å². The minimum absolute atomic E-state index is 0.329. The van der Waals surface area contributed by atoms with Crippen molar-refractivity contribution in [3.05, 3.63) is 34.9 Å². The molecular formula is C12H10N2O2. The van der Waals surface area contributed by atoms with Gasteiger partial charge in [0.25, 0.3) is 0 Å². The molecule has 0 saturated carbocycles. The molecule has 80 valence electrons. The average Bonchev–Trinajstić information content (AvgIpc) is 2.35. The van der Waals surface area contributed by atoms with Crippen molar-refractivity contribution in [2.75, 3.05) is 7.11 Å². The Balaban J connectivity index is 3.13. The van der Waals surface area contributed by atoms with Crippen LogP contribution in [0.5, 0.6) is 0 Å². The monoisotopic (exact) mass is 214 g/mol. The molecule has 0 aliphatic carbocycles. The van der Waals surface area contributed by atoms with Crippen LogP contribution < -0.4 is 0 Å². The quantitative estimate of drug-likeness (QED) is 0.719. The highest BCUT2D eigenvalue weighted by atomic mass is 16.5. The van der Waals surface area contributed by atoms with Gasteiger partial charge in [0.2, 0.25) is 0 Å². The molecule has 4 heteroatoms. The van der Waals surface area contributed by atoms with Gasteiger partial charge in [0.05, 0.1) is 30.4 Å². The Morgan fingerprint density at radius 3 is 2.75 bits per heavy atom. The summed E-state index contributed by atoms with van der Waals surface area (Å²) in [5, 5.41) is 17.2. The second-order valence-corrected chi connectivity index (χ2v) is 3.13. The Kier molecular flexibility index (Phi) is 4.06. The molecule has 0 radical (unpaired) electrons. The topological polar surface area (TPSA) is 73.9 Å². The van der Waals surface area contributed by atoms with Crippen LogP contribution in [0.1, 0.15) is 27.9 Å². The minimum Gasteiger partial charge on any atom is -0.465 e. The van der Waals surface area contributed by atoms with Gasteiger partial charge in [-0.2, -0.15) is 10.5 Å². The zero-order chi connectivity index (χ0) is 12.0. The highest BCUT2D eigenvalue weighted by Crippen LogP contribution is 2.14. The van der Waals surface area contributed by atoms with Crippen LogP contribution in [0.2, 0.25) is 0 Å². The second-order valence-electron chi connectivity index (χ2n) is 3.13. The summed E-state index contributed by atoms with van der Waals surface area (Å²) in [6.07, 6.45) is 0.808. The molecule has 0 amide bonds. The molecule has 0 aromatic heterocycles. The van der Waals surface area contributed by atoms with E-state index in [2.05, 4.69) is 4.74 Å². The number of nitrogens with zero attached hydrogens (tertiary/aromatic N) is 2. The summed E-state index contributed by atoms with van der Waals surface area (Å²) in [6.45, 7) is 0. The molecule has 0 bridgehead atoms. The first-order chi connectivity index (χ1) is 7.72. The van der Waals surface area contributed by atoms with Crippen LogP contribution in [0.15, 0.2) is 18.2 Å². The molecule has 0 atom stereocenters. The molecule has 4 nitrogen and oxygen atoms in total. The molecule has 0 aliphatic rings. The molecule has 1 aromatic rings. The van der Waals surface area contributed by atoms with Crippen molar-refractivity contribution in [3.63, 3.8) is 0 Å². The lowest BCUT2D eigenvalue weighted by atomic mass is 10.0. The summed E-state index contributed by atoms with van der Waals surface area (Å²) in [6, 6.07) is 8.76. The number of aryl methyl sites for hydroxylation is 1. The first kappa shape index (κ1) is 11.7. The van der Waals surface area contributed by atoms with Crippen LogP contribution in [0, 0.1) is 22.7 Å². The van der Waals surface area contributed by atoms with Gasteiger partial charge >= 0.3 is 5.97 Å². The molecule has 0 fully saturated rings. The van der Waals surface area contributed by atoms with Gasteiger partial charge in [0, 0.05) is 6.42 Å². The van der Waals surface area contributed by atoms with Gasteiger partial charge in [-0.25, -0.2) is 4.79 Å². The van der Waals surface area contributed by atoms with Gasteiger partial charge in [-0.15, -0.1) is 0 Å². The third-order valence-corrected chi connectivity index (χ3v) is 2.15. The van der Waals surface area contributed by atoms with Gasteiger partial charge < -0.3 is 4.74 Å². The Morgan fingerprint density at radius 2 is 2.19 bits per heavy atom. The molecule has 0 unspecified atom stereocenters. The van der Waals surface area contributed by atoms with Gasteiger partial charge in [0.15, 0.2) is 0 Å². The van der Waals surface area contributed by atoms with E-state index in [0.717, 1.165) is 5.56 Å². The molecule has 1 aromatic carbocycles. The maximum atomic E-state index is 11.5. The maximum Gasteiger partial charge on any atom is 0.338 e. The van der Waals surface area contributed by atoms with E-state index < -0.39 is 5.97 Å². The van der Waals surface area contributed by atoms with Gasteiger partial charge in [-0.05, 0) is 24.1 Å². The van der Waals surface area contributed by atoms with Gasteiger partial charge in [0.1, 0.15) is 0 Å². The molecule has 0 heterocycles. The number of rotatable bonds is 3. The van der Waals surface area contributed by atoms with Gasteiger partial charge in [-0.1, -0.05) is 6.07 Å². The first-order valence-corrected chi connectivity index (χ1v) is 4.71. The lowest BCUT2D eigenvalue weighted by Gasteiger charge is -2.06. The summed E-state index contributed by atoms with van der Waals surface area (Å²) in [5.74, 6) is -0.481. The lowest BCUT2D eigenvalue weighted by molar-refractivity contribution is 0.0599. The number of carbonyl (C=O) groups is 1. The standard InChI is InChI=1S/C12H10N2O2/c1-16-12(15)11-7-9(8-14)4-5-10(11)3-2-6-13/h4-5,7H,2-3H2,1H3. The van der Waals surface area contributed by atoms with Crippen molar-refractivity contribution in [2.45, 2.75) is 12.8 Å². The normalized spacial score (nSPS) is 8.94. The van der Waals surface area contributed by atoms with Crippen LogP contribution >= 0.6 is 0 Å². The minimum atomic E-state index is -0.481. The fraction of sp³-hybridized carbons (Fsp3) is 0.250. The van der Waals surface area contributed by atoms with Crippen molar-refractivity contribution >= 4 is 5.97 Å². The van der Waals surface area contributed by atoms with Crippen molar-refractivity contribution < 1.29 is 9.53 Å². The summed E-state index contributed by atoms with van der Waals surface area (Å²) in [5.41, 5.74) is 1.49. The number of methoxy groups -OCH3 is 1. The van der Waals surface area contributed by atoms with E-state index in [4.69, 9.17) is 10.5 Å². The smallest absolute Gasteiger partial charge is 0.338 e. The van der Waals surface area contributed by atoms with Crippen LogP contribution in [-0.2, 0) is 11.2 Å². The molecule has 0 N–H and O–H groups in total.